The van der Waals surface area contributed by atoms with E-state index in [1.54, 1.807) is 0 Å². The fourth-order valence-corrected chi connectivity index (χ4v) is 3.81. The first-order valence-corrected chi connectivity index (χ1v) is 10.3. The second kappa shape index (κ2) is 9.39. The summed E-state index contributed by atoms with van der Waals surface area (Å²) in [6.45, 7) is 3.68. The number of hydrogen-bond donors (Lipinski definition) is 2. The van der Waals surface area contributed by atoms with E-state index in [0.29, 0.717) is 37.6 Å². The van der Waals surface area contributed by atoms with Crippen LogP contribution in [0.3, 0.4) is 0 Å². The molecule has 0 saturated carbocycles. The van der Waals surface area contributed by atoms with Crippen LogP contribution in [0.25, 0.3) is 11.0 Å². The second-order valence-electron chi connectivity index (χ2n) is 7.22. The Labute approximate surface area is 175 Å². The number of halogens is 1. The van der Waals surface area contributed by atoms with Crippen LogP contribution in [0.15, 0.2) is 48.5 Å². The molecule has 0 aliphatic carbocycles. The van der Waals surface area contributed by atoms with Crippen molar-refractivity contribution in [2.24, 2.45) is 0 Å². The number of aryl methyl sites for hydroxylation is 1. The maximum absolute atomic E-state index is 12.5. The fraction of sp³-hybridized carbons (Fsp3) is 0.364. The van der Waals surface area contributed by atoms with Crippen LogP contribution in [-0.2, 0) is 16.0 Å². The summed E-state index contributed by atoms with van der Waals surface area (Å²) in [4.78, 5) is 22.7. The Hall–Kier alpha value is -2.41. The van der Waals surface area contributed by atoms with E-state index < -0.39 is 0 Å². The standard InChI is InChI=1S/C22H25ClN4O2/c23-17-7-5-16(6-8-17)20(27-11-13-29-14-12-27)15-24-22(28)10-9-21-25-18-3-1-2-4-19(18)26-21/h1-8,20H,9-15H2,(H,24,28)(H,25,26). The number of imidazole rings is 1. The number of morpholine rings is 1. The van der Waals surface area contributed by atoms with Gasteiger partial charge in [0.25, 0.3) is 0 Å². The van der Waals surface area contributed by atoms with Crippen molar-refractivity contribution >= 4 is 28.5 Å². The number of amides is 1. The van der Waals surface area contributed by atoms with Crippen molar-refractivity contribution in [1.82, 2.24) is 20.2 Å². The third-order valence-electron chi connectivity index (χ3n) is 5.26. The van der Waals surface area contributed by atoms with Crippen LogP contribution in [0, 0.1) is 0 Å². The fourth-order valence-electron chi connectivity index (χ4n) is 3.69. The molecule has 7 heteroatoms. The predicted molar refractivity (Wildman–Crippen MR) is 114 cm³/mol. The van der Waals surface area contributed by atoms with Crippen molar-refractivity contribution in [3.8, 4) is 0 Å². The molecule has 152 valence electrons. The van der Waals surface area contributed by atoms with E-state index in [2.05, 4.69) is 20.2 Å². The molecule has 2 heterocycles. The summed E-state index contributed by atoms with van der Waals surface area (Å²) >= 11 is 6.05. The number of carbonyl (C=O) groups excluding carboxylic acids is 1. The van der Waals surface area contributed by atoms with E-state index in [9.17, 15) is 4.79 Å². The maximum atomic E-state index is 12.5. The monoisotopic (exact) mass is 412 g/mol. The van der Waals surface area contributed by atoms with Gasteiger partial charge in [-0.05, 0) is 29.8 Å². The average molecular weight is 413 g/mol. The van der Waals surface area contributed by atoms with Gasteiger partial charge in [0, 0.05) is 37.5 Å². The molecular formula is C22H25ClN4O2. The number of nitrogens with zero attached hydrogens (tertiary/aromatic N) is 2. The van der Waals surface area contributed by atoms with Gasteiger partial charge >= 0.3 is 0 Å². The number of benzene rings is 2. The molecule has 4 rings (SSSR count). The van der Waals surface area contributed by atoms with Crippen LogP contribution < -0.4 is 5.32 Å². The molecule has 1 atom stereocenters. The number of hydrogen-bond acceptors (Lipinski definition) is 4. The Kier molecular flexibility index (Phi) is 6.44. The molecule has 1 fully saturated rings. The number of ether oxygens (including phenoxy) is 1. The lowest BCUT2D eigenvalue weighted by atomic mass is 10.0. The summed E-state index contributed by atoms with van der Waals surface area (Å²) in [5.74, 6) is 0.862. The van der Waals surface area contributed by atoms with E-state index in [-0.39, 0.29) is 11.9 Å². The number of nitrogens with one attached hydrogen (secondary N) is 2. The van der Waals surface area contributed by atoms with Gasteiger partial charge < -0.3 is 15.0 Å². The van der Waals surface area contributed by atoms with Gasteiger partial charge in [-0.3, -0.25) is 9.69 Å². The van der Waals surface area contributed by atoms with Crippen LogP contribution in [0.2, 0.25) is 5.02 Å². The lowest BCUT2D eigenvalue weighted by molar-refractivity contribution is -0.121. The molecule has 1 aliphatic rings. The van der Waals surface area contributed by atoms with Gasteiger partial charge in [0.05, 0.1) is 30.3 Å². The molecule has 0 spiro atoms. The predicted octanol–water partition coefficient (Wildman–Crippen LogP) is 3.34. The first-order valence-electron chi connectivity index (χ1n) is 9.96. The van der Waals surface area contributed by atoms with E-state index in [4.69, 9.17) is 16.3 Å². The molecule has 1 unspecified atom stereocenters. The molecular weight excluding hydrogens is 388 g/mol. The number of aromatic nitrogens is 2. The van der Waals surface area contributed by atoms with Gasteiger partial charge in [0.15, 0.2) is 0 Å². The quantitative estimate of drug-likeness (QED) is 0.624. The topological polar surface area (TPSA) is 70.2 Å². The summed E-state index contributed by atoms with van der Waals surface area (Å²) in [5, 5.41) is 3.81. The molecule has 2 N–H and O–H groups in total. The van der Waals surface area contributed by atoms with E-state index in [1.807, 2.05) is 48.5 Å². The number of para-hydroxylation sites is 2. The molecule has 3 aromatic rings. The van der Waals surface area contributed by atoms with E-state index in [1.165, 1.54) is 0 Å². The molecule has 1 amide bonds. The highest BCUT2D eigenvalue weighted by Gasteiger charge is 2.23. The Bertz CT molecular complexity index is 918. The van der Waals surface area contributed by atoms with E-state index in [0.717, 1.165) is 35.5 Å². The van der Waals surface area contributed by atoms with Crippen LogP contribution in [0.4, 0.5) is 0 Å². The number of aromatic amines is 1. The Morgan fingerprint density at radius 2 is 1.93 bits per heavy atom. The van der Waals surface area contributed by atoms with Gasteiger partial charge in [-0.15, -0.1) is 0 Å². The molecule has 29 heavy (non-hydrogen) atoms. The zero-order valence-corrected chi connectivity index (χ0v) is 17.0. The SMILES string of the molecule is O=C(CCc1nc2ccccc2[nH]1)NCC(c1ccc(Cl)cc1)N1CCOCC1. The largest absolute Gasteiger partial charge is 0.379 e. The van der Waals surface area contributed by atoms with Gasteiger partial charge in [-0.1, -0.05) is 35.9 Å². The highest BCUT2D eigenvalue weighted by atomic mass is 35.5. The van der Waals surface area contributed by atoms with Crippen LogP contribution in [-0.4, -0.2) is 53.6 Å². The maximum Gasteiger partial charge on any atom is 0.220 e. The van der Waals surface area contributed by atoms with Crippen molar-refractivity contribution in [2.45, 2.75) is 18.9 Å². The van der Waals surface area contributed by atoms with Crippen molar-refractivity contribution < 1.29 is 9.53 Å². The zero-order valence-electron chi connectivity index (χ0n) is 16.2. The minimum absolute atomic E-state index is 0.0256. The van der Waals surface area contributed by atoms with Gasteiger partial charge in [-0.25, -0.2) is 4.98 Å². The summed E-state index contributed by atoms with van der Waals surface area (Å²) in [7, 11) is 0. The third-order valence-corrected chi connectivity index (χ3v) is 5.51. The smallest absolute Gasteiger partial charge is 0.220 e. The Morgan fingerprint density at radius 3 is 2.69 bits per heavy atom. The van der Waals surface area contributed by atoms with Gasteiger partial charge in [0.2, 0.25) is 5.91 Å². The Balaban J connectivity index is 1.35. The lowest BCUT2D eigenvalue weighted by Crippen LogP contribution is -2.43. The first-order chi connectivity index (χ1) is 14.2. The highest BCUT2D eigenvalue weighted by molar-refractivity contribution is 6.30. The molecule has 2 aromatic carbocycles. The normalized spacial score (nSPS) is 16.0. The van der Waals surface area contributed by atoms with E-state index >= 15 is 0 Å². The molecule has 1 aliphatic heterocycles. The Morgan fingerprint density at radius 1 is 1.17 bits per heavy atom. The minimum atomic E-state index is 0.0256. The zero-order chi connectivity index (χ0) is 20.1. The lowest BCUT2D eigenvalue weighted by Gasteiger charge is -2.35. The van der Waals surface area contributed by atoms with Crippen molar-refractivity contribution in [2.75, 3.05) is 32.8 Å². The highest BCUT2D eigenvalue weighted by Crippen LogP contribution is 2.23. The second-order valence-corrected chi connectivity index (χ2v) is 7.66. The van der Waals surface area contributed by atoms with Gasteiger partial charge in [-0.2, -0.15) is 0 Å². The minimum Gasteiger partial charge on any atom is -0.379 e. The van der Waals surface area contributed by atoms with Crippen LogP contribution >= 0.6 is 11.6 Å². The summed E-state index contributed by atoms with van der Waals surface area (Å²) in [5.41, 5.74) is 3.07. The summed E-state index contributed by atoms with van der Waals surface area (Å²) < 4.78 is 5.48. The van der Waals surface area contributed by atoms with Crippen molar-refractivity contribution in [3.63, 3.8) is 0 Å². The average Bonchev–Trinajstić information content (AvgIpc) is 3.17. The number of rotatable bonds is 7. The molecule has 0 bridgehead atoms. The molecule has 6 nitrogen and oxygen atoms in total. The third kappa shape index (κ3) is 5.15. The molecule has 1 saturated heterocycles. The number of fused-ring (bicyclic) bond motifs is 1. The number of carbonyl (C=O) groups is 1. The van der Waals surface area contributed by atoms with Crippen molar-refractivity contribution in [1.29, 1.82) is 0 Å². The van der Waals surface area contributed by atoms with Gasteiger partial charge in [0.1, 0.15) is 5.82 Å². The molecule has 1 aromatic heterocycles. The molecule has 0 radical (unpaired) electrons. The summed E-state index contributed by atoms with van der Waals surface area (Å²) in [6.07, 6.45) is 0.986. The number of H-pyrrole nitrogens is 1. The van der Waals surface area contributed by atoms with Crippen molar-refractivity contribution in [3.05, 3.63) is 64.9 Å². The van der Waals surface area contributed by atoms with Crippen LogP contribution in [0.5, 0.6) is 0 Å². The summed E-state index contributed by atoms with van der Waals surface area (Å²) in [6, 6.07) is 15.8. The van der Waals surface area contributed by atoms with Crippen LogP contribution in [0.1, 0.15) is 23.9 Å². The first kappa shape index (κ1) is 19.9.